The summed E-state index contributed by atoms with van der Waals surface area (Å²) in [5.74, 6) is -0.0173. The van der Waals surface area contributed by atoms with Crippen LogP contribution in [0.4, 0.5) is 0 Å². The van der Waals surface area contributed by atoms with Crippen LogP contribution in [0.3, 0.4) is 0 Å². The lowest BCUT2D eigenvalue weighted by molar-refractivity contribution is -0.122. The van der Waals surface area contributed by atoms with Gasteiger partial charge in [0.15, 0.2) is 0 Å². The summed E-state index contributed by atoms with van der Waals surface area (Å²) in [6, 6.07) is 0.0321. The van der Waals surface area contributed by atoms with E-state index in [0.717, 1.165) is 13.0 Å². The van der Waals surface area contributed by atoms with Gasteiger partial charge >= 0.3 is 0 Å². The van der Waals surface area contributed by atoms with Crippen molar-refractivity contribution in [3.05, 3.63) is 0 Å². The van der Waals surface area contributed by atoms with E-state index in [2.05, 4.69) is 5.32 Å². The molecule has 2 unspecified atom stereocenters. The minimum atomic E-state index is -0.0173. The van der Waals surface area contributed by atoms with E-state index < -0.39 is 0 Å². The Kier molecular flexibility index (Phi) is 8.56. The van der Waals surface area contributed by atoms with Gasteiger partial charge in [0, 0.05) is 25.6 Å². The van der Waals surface area contributed by atoms with E-state index in [0.29, 0.717) is 26.2 Å². The average Bonchev–Trinajstić information content (AvgIpc) is 2.67. The summed E-state index contributed by atoms with van der Waals surface area (Å²) in [7, 11) is 0. The zero-order chi connectivity index (χ0) is 11.1. The first kappa shape index (κ1) is 15.6. The summed E-state index contributed by atoms with van der Waals surface area (Å²) in [5, 5.41) is 2.82. The first-order valence-corrected chi connectivity index (χ1v) is 5.41. The van der Waals surface area contributed by atoms with Gasteiger partial charge in [0.05, 0.1) is 19.3 Å². The van der Waals surface area contributed by atoms with Crippen LogP contribution in [-0.4, -0.2) is 44.4 Å². The monoisotopic (exact) mass is 252 g/mol. The van der Waals surface area contributed by atoms with Crippen LogP contribution in [-0.2, 0) is 14.3 Å². The third-order valence-electron chi connectivity index (χ3n) is 2.25. The fraction of sp³-hybridized carbons (Fsp3) is 0.900. The van der Waals surface area contributed by atoms with Crippen LogP contribution in [0, 0.1) is 0 Å². The molecule has 0 saturated carbocycles. The van der Waals surface area contributed by atoms with Gasteiger partial charge in [-0.3, -0.25) is 4.79 Å². The predicted octanol–water partition coefficient (Wildman–Crippen LogP) is 0.0672. The molecule has 3 N–H and O–H groups in total. The quantitative estimate of drug-likeness (QED) is 0.702. The third kappa shape index (κ3) is 6.27. The molecule has 0 aromatic carbocycles. The van der Waals surface area contributed by atoms with Crippen molar-refractivity contribution in [3.8, 4) is 0 Å². The van der Waals surface area contributed by atoms with E-state index in [1.165, 1.54) is 0 Å². The Balaban J connectivity index is 0.00000225. The Morgan fingerprint density at radius 3 is 3.00 bits per heavy atom. The van der Waals surface area contributed by atoms with Gasteiger partial charge in [-0.05, 0) is 13.3 Å². The summed E-state index contributed by atoms with van der Waals surface area (Å²) in [6.45, 7) is 4.28. The van der Waals surface area contributed by atoms with E-state index in [9.17, 15) is 4.79 Å². The van der Waals surface area contributed by atoms with Gasteiger partial charge in [-0.15, -0.1) is 12.4 Å². The maximum Gasteiger partial charge on any atom is 0.221 e. The number of rotatable bonds is 6. The largest absolute Gasteiger partial charge is 0.379 e. The Bertz CT molecular complexity index is 199. The molecule has 0 aliphatic carbocycles. The SMILES string of the molecule is CC(COC1CCOC1)NC(=O)CCN.Cl. The second-order valence-electron chi connectivity index (χ2n) is 3.83. The smallest absolute Gasteiger partial charge is 0.221 e. The number of nitrogens with one attached hydrogen (secondary N) is 1. The molecule has 5 nitrogen and oxygen atoms in total. The van der Waals surface area contributed by atoms with Gasteiger partial charge in [0.2, 0.25) is 5.91 Å². The number of halogens is 1. The fourth-order valence-electron chi connectivity index (χ4n) is 1.44. The maximum absolute atomic E-state index is 11.2. The van der Waals surface area contributed by atoms with E-state index in [4.69, 9.17) is 15.2 Å². The lowest BCUT2D eigenvalue weighted by Crippen LogP contribution is -2.37. The highest BCUT2D eigenvalue weighted by atomic mass is 35.5. The molecule has 1 rings (SSSR count). The normalized spacial score (nSPS) is 21.2. The van der Waals surface area contributed by atoms with Crippen LogP contribution >= 0.6 is 12.4 Å². The molecule has 1 heterocycles. The number of carbonyl (C=O) groups excluding carboxylic acids is 1. The highest BCUT2D eigenvalue weighted by molar-refractivity contribution is 5.85. The first-order chi connectivity index (χ1) is 7.22. The average molecular weight is 253 g/mol. The van der Waals surface area contributed by atoms with Crippen LogP contribution in [0.15, 0.2) is 0 Å². The minimum absolute atomic E-state index is 0. The Morgan fingerprint density at radius 1 is 1.69 bits per heavy atom. The lowest BCUT2D eigenvalue weighted by Gasteiger charge is -2.16. The van der Waals surface area contributed by atoms with Crippen molar-refractivity contribution in [2.24, 2.45) is 5.73 Å². The number of carbonyl (C=O) groups is 1. The molecule has 0 spiro atoms. The van der Waals surface area contributed by atoms with Crippen molar-refractivity contribution >= 4 is 18.3 Å². The molecule has 0 radical (unpaired) electrons. The summed E-state index contributed by atoms with van der Waals surface area (Å²) in [6.07, 6.45) is 1.51. The summed E-state index contributed by atoms with van der Waals surface area (Å²) in [5.41, 5.74) is 5.27. The lowest BCUT2D eigenvalue weighted by atomic mass is 10.3. The van der Waals surface area contributed by atoms with Crippen LogP contribution in [0.5, 0.6) is 0 Å². The van der Waals surface area contributed by atoms with Crippen LogP contribution in [0.25, 0.3) is 0 Å². The van der Waals surface area contributed by atoms with E-state index in [1.54, 1.807) is 0 Å². The van der Waals surface area contributed by atoms with Crippen molar-refractivity contribution in [2.75, 3.05) is 26.4 Å². The van der Waals surface area contributed by atoms with Crippen molar-refractivity contribution in [3.63, 3.8) is 0 Å². The van der Waals surface area contributed by atoms with E-state index in [-0.39, 0.29) is 30.5 Å². The molecular weight excluding hydrogens is 232 g/mol. The standard InChI is InChI=1S/C10H20N2O3.ClH/c1-8(12-10(13)2-4-11)6-15-9-3-5-14-7-9;/h8-9H,2-7,11H2,1H3,(H,12,13);1H. The van der Waals surface area contributed by atoms with Crippen molar-refractivity contribution in [1.29, 1.82) is 0 Å². The summed E-state index contributed by atoms with van der Waals surface area (Å²) < 4.78 is 10.8. The van der Waals surface area contributed by atoms with Gasteiger partial charge in [-0.25, -0.2) is 0 Å². The van der Waals surface area contributed by atoms with Crippen LogP contribution in [0.2, 0.25) is 0 Å². The zero-order valence-corrected chi connectivity index (χ0v) is 10.4. The molecule has 0 bridgehead atoms. The summed E-state index contributed by atoms with van der Waals surface area (Å²) in [4.78, 5) is 11.2. The number of ether oxygens (including phenoxy) is 2. The molecule has 1 fully saturated rings. The molecule has 2 atom stereocenters. The van der Waals surface area contributed by atoms with E-state index >= 15 is 0 Å². The molecule has 96 valence electrons. The Morgan fingerprint density at radius 2 is 2.44 bits per heavy atom. The number of nitrogens with two attached hydrogens (primary N) is 1. The predicted molar refractivity (Wildman–Crippen MR) is 63.7 cm³/mol. The molecule has 0 aromatic heterocycles. The fourth-order valence-corrected chi connectivity index (χ4v) is 1.44. The Labute approximate surface area is 102 Å². The second-order valence-corrected chi connectivity index (χ2v) is 3.83. The zero-order valence-electron chi connectivity index (χ0n) is 9.61. The minimum Gasteiger partial charge on any atom is -0.379 e. The number of hydrogen-bond acceptors (Lipinski definition) is 4. The molecular formula is C10H21ClN2O3. The van der Waals surface area contributed by atoms with Gasteiger partial charge in [-0.1, -0.05) is 0 Å². The Hall–Kier alpha value is -0.360. The second kappa shape index (κ2) is 8.75. The highest BCUT2D eigenvalue weighted by Gasteiger charge is 2.17. The maximum atomic E-state index is 11.2. The summed E-state index contributed by atoms with van der Waals surface area (Å²) >= 11 is 0. The highest BCUT2D eigenvalue weighted by Crippen LogP contribution is 2.08. The molecule has 1 aliphatic heterocycles. The van der Waals surface area contributed by atoms with Crippen LogP contribution in [0.1, 0.15) is 19.8 Å². The van der Waals surface area contributed by atoms with Crippen LogP contribution < -0.4 is 11.1 Å². The number of hydrogen-bond donors (Lipinski definition) is 2. The molecule has 1 amide bonds. The third-order valence-corrected chi connectivity index (χ3v) is 2.25. The first-order valence-electron chi connectivity index (χ1n) is 5.41. The van der Waals surface area contributed by atoms with Crippen molar-refractivity contribution < 1.29 is 14.3 Å². The topological polar surface area (TPSA) is 73.6 Å². The number of amides is 1. The van der Waals surface area contributed by atoms with Gasteiger partial charge in [-0.2, -0.15) is 0 Å². The van der Waals surface area contributed by atoms with Gasteiger partial charge in [0.1, 0.15) is 0 Å². The molecule has 1 aliphatic rings. The molecule has 16 heavy (non-hydrogen) atoms. The van der Waals surface area contributed by atoms with Gasteiger partial charge in [0.25, 0.3) is 0 Å². The van der Waals surface area contributed by atoms with E-state index in [1.807, 2.05) is 6.92 Å². The van der Waals surface area contributed by atoms with Crippen molar-refractivity contribution in [1.82, 2.24) is 5.32 Å². The molecule has 6 heteroatoms. The van der Waals surface area contributed by atoms with Crippen molar-refractivity contribution in [2.45, 2.75) is 31.9 Å². The van der Waals surface area contributed by atoms with Gasteiger partial charge < -0.3 is 20.5 Å². The molecule has 1 saturated heterocycles. The molecule has 0 aromatic rings.